The number of anilines is 1. The van der Waals surface area contributed by atoms with Crippen molar-refractivity contribution >= 4 is 17.4 Å². The Morgan fingerprint density at radius 2 is 1.61 bits per heavy atom. The number of pyridine rings is 1. The van der Waals surface area contributed by atoms with Gasteiger partial charge in [0, 0.05) is 17.3 Å². The Bertz CT molecular complexity index is 1220. The van der Waals surface area contributed by atoms with Crippen LogP contribution >= 0.6 is 0 Å². The van der Waals surface area contributed by atoms with Crippen molar-refractivity contribution in [3.8, 4) is 28.5 Å². The molecule has 0 saturated heterocycles. The molecule has 0 aliphatic carbocycles. The van der Waals surface area contributed by atoms with E-state index in [1.165, 1.54) is 21.3 Å². The first-order chi connectivity index (χ1) is 15.1. The van der Waals surface area contributed by atoms with Crippen molar-refractivity contribution in [2.75, 3.05) is 26.6 Å². The monoisotopic (exact) mass is 417 g/mol. The van der Waals surface area contributed by atoms with Crippen LogP contribution in [0.4, 0.5) is 5.82 Å². The van der Waals surface area contributed by atoms with E-state index in [4.69, 9.17) is 19.2 Å². The molecule has 7 nitrogen and oxygen atoms in total. The van der Waals surface area contributed by atoms with Crippen molar-refractivity contribution in [3.05, 3.63) is 71.9 Å². The average Bonchev–Trinajstić information content (AvgIpc) is 3.18. The smallest absolute Gasteiger partial charge is 0.257 e. The fourth-order valence-electron chi connectivity index (χ4n) is 3.51. The van der Waals surface area contributed by atoms with Gasteiger partial charge in [0.25, 0.3) is 5.91 Å². The summed E-state index contributed by atoms with van der Waals surface area (Å²) >= 11 is 0. The van der Waals surface area contributed by atoms with Crippen LogP contribution in [0.3, 0.4) is 0 Å². The van der Waals surface area contributed by atoms with E-state index in [0.717, 1.165) is 16.8 Å². The summed E-state index contributed by atoms with van der Waals surface area (Å²) in [6.45, 7) is 1.99. The van der Waals surface area contributed by atoms with Crippen LogP contribution in [0.2, 0.25) is 0 Å². The molecular weight excluding hydrogens is 394 g/mol. The van der Waals surface area contributed by atoms with E-state index in [1.54, 1.807) is 12.1 Å². The Labute approximate surface area is 180 Å². The van der Waals surface area contributed by atoms with Gasteiger partial charge in [-0.3, -0.25) is 9.20 Å². The third kappa shape index (κ3) is 3.66. The quantitative estimate of drug-likeness (QED) is 0.497. The molecule has 0 unspecified atom stereocenters. The standard InChI is InChI=1S/C24H23N3O4/c1-15-9-8-12-27-22(15)25-20(16-10-6-5-7-11-16)23(27)26-24(28)17-13-18(29-2)21(31-4)19(14-17)30-3/h5-14H,1-4H3,(H,26,28). The molecule has 0 saturated carbocycles. The van der Waals surface area contributed by atoms with Gasteiger partial charge in [0.05, 0.1) is 21.3 Å². The first-order valence-electron chi connectivity index (χ1n) is 9.71. The third-order valence-corrected chi connectivity index (χ3v) is 5.05. The summed E-state index contributed by atoms with van der Waals surface area (Å²) in [5, 5.41) is 3.03. The number of nitrogens with zero attached hydrogens (tertiary/aromatic N) is 2. The number of aryl methyl sites for hydroxylation is 1. The van der Waals surface area contributed by atoms with E-state index in [2.05, 4.69) is 5.32 Å². The Balaban J connectivity index is 1.82. The van der Waals surface area contributed by atoms with E-state index in [0.29, 0.717) is 34.3 Å². The van der Waals surface area contributed by atoms with Crippen molar-refractivity contribution in [3.63, 3.8) is 0 Å². The number of carbonyl (C=O) groups is 1. The van der Waals surface area contributed by atoms with E-state index in [9.17, 15) is 4.79 Å². The molecule has 158 valence electrons. The fourth-order valence-corrected chi connectivity index (χ4v) is 3.51. The highest BCUT2D eigenvalue weighted by Crippen LogP contribution is 2.38. The highest BCUT2D eigenvalue weighted by molar-refractivity contribution is 6.06. The molecule has 7 heteroatoms. The van der Waals surface area contributed by atoms with Gasteiger partial charge in [-0.15, -0.1) is 0 Å². The largest absolute Gasteiger partial charge is 0.493 e. The van der Waals surface area contributed by atoms with Crippen molar-refractivity contribution in [2.24, 2.45) is 0 Å². The molecule has 0 atom stereocenters. The lowest BCUT2D eigenvalue weighted by molar-refractivity contribution is 0.102. The van der Waals surface area contributed by atoms with Crippen LogP contribution in [0.1, 0.15) is 15.9 Å². The maximum absolute atomic E-state index is 13.3. The first kappa shape index (κ1) is 20.3. The molecule has 1 N–H and O–H groups in total. The van der Waals surface area contributed by atoms with Gasteiger partial charge in [-0.05, 0) is 30.7 Å². The topological polar surface area (TPSA) is 74.1 Å². The maximum atomic E-state index is 13.3. The SMILES string of the molecule is COc1cc(C(=O)Nc2c(-c3ccccc3)nc3c(C)cccn23)cc(OC)c1OC. The van der Waals surface area contributed by atoms with E-state index >= 15 is 0 Å². The van der Waals surface area contributed by atoms with E-state index < -0.39 is 0 Å². The molecular formula is C24H23N3O4. The minimum atomic E-state index is -0.320. The average molecular weight is 417 g/mol. The second-order valence-electron chi connectivity index (χ2n) is 6.93. The van der Waals surface area contributed by atoms with E-state index in [1.807, 2.05) is 60.0 Å². The summed E-state index contributed by atoms with van der Waals surface area (Å²) < 4.78 is 18.0. The number of benzene rings is 2. The van der Waals surface area contributed by atoms with Gasteiger partial charge < -0.3 is 19.5 Å². The van der Waals surface area contributed by atoms with Gasteiger partial charge in [0.1, 0.15) is 17.2 Å². The number of ether oxygens (including phenoxy) is 3. The molecule has 0 fully saturated rings. The fraction of sp³-hybridized carbons (Fsp3) is 0.167. The number of carbonyl (C=O) groups excluding carboxylic acids is 1. The van der Waals surface area contributed by atoms with E-state index in [-0.39, 0.29) is 5.91 Å². The highest BCUT2D eigenvalue weighted by atomic mass is 16.5. The van der Waals surface area contributed by atoms with Crippen LogP contribution in [0.25, 0.3) is 16.9 Å². The molecule has 2 heterocycles. The number of nitrogens with one attached hydrogen (secondary N) is 1. The first-order valence-corrected chi connectivity index (χ1v) is 9.71. The molecule has 1 amide bonds. The Morgan fingerprint density at radius 1 is 0.935 bits per heavy atom. The number of hydrogen-bond acceptors (Lipinski definition) is 5. The lowest BCUT2D eigenvalue weighted by Gasteiger charge is -2.14. The van der Waals surface area contributed by atoms with Crippen molar-refractivity contribution in [1.82, 2.24) is 9.38 Å². The predicted octanol–water partition coefficient (Wildman–Crippen LogP) is 4.59. The van der Waals surface area contributed by atoms with Crippen LogP contribution in [-0.2, 0) is 0 Å². The summed E-state index contributed by atoms with van der Waals surface area (Å²) in [5.74, 6) is 1.51. The van der Waals surface area contributed by atoms with Crippen molar-refractivity contribution in [2.45, 2.75) is 6.92 Å². The number of amides is 1. The number of aromatic nitrogens is 2. The molecule has 0 bridgehead atoms. The zero-order chi connectivity index (χ0) is 22.0. The summed E-state index contributed by atoms with van der Waals surface area (Å²) in [7, 11) is 4.55. The number of hydrogen-bond donors (Lipinski definition) is 1. The van der Waals surface area contributed by atoms with Crippen LogP contribution < -0.4 is 19.5 Å². The Morgan fingerprint density at radius 3 is 2.23 bits per heavy atom. The Hall–Kier alpha value is -4.00. The van der Waals surface area contributed by atoms with Gasteiger partial charge in [-0.2, -0.15) is 0 Å². The van der Waals surface area contributed by atoms with Crippen molar-refractivity contribution < 1.29 is 19.0 Å². The zero-order valence-electron chi connectivity index (χ0n) is 17.8. The van der Waals surface area contributed by atoms with Crippen LogP contribution in [0.15, 0.2) is 60.8 Å². The number of imidazole rings is 1. The van der Waals surface area contributed by atoms with Crippen molar-refractivity contribution in [1.29, 1.82) is 0 Å². The lowest BCUT2D eigenvalue weighted by Crippen LogP contribution is -2.14. The molecule has 4 aromatic rings. The molecule has 0 aliphatic heterocycles. The number of methoxy groups -OCH3 is 3. The Kier molecular flexibility index (Phi) is 5.49. The van der Waals surface area contributed by atoms with Gasteiger partial charge in [0.2, 0.25) is 5.75 Å². The predicted molar refractivity (Wildman–Crippen MR) is 119 cm³/mol. The summed E-state index contributed by atoms with van der Waals surface area (Å²) in [4.78, 5) is 18.1. The molecule has 0 spiro atoms. The summed E-state index contributed by atoms with van der Waals surface area (Å²) in [5.41, 5.74) is 3.76. The molecule has 2 aromatic heterocycles. The minimum Gasteiger partial charge on any atom is -0.493 e. The number of fused-ring (bicyclic) bond motifs is 1. The molecule has 4 rings (SSSR count). The molecule has 0 aliphatic rings. The minimum absolute atomic E-state index is 0.320. The highest BCUT2D eigenvalue weighted by Gasteiger charge is 2.21. The molecule has 31 heavy (non-hydrogen) atoms. The van der Waals surface area contributed by atoms with Crippen LogP contribution in [0.5, 0.6) is 17.2 Å². The summed E-state index contributed by atoms with van der Waals surface area (Å²) in [6, 6.07) is 16.9. The summed E-state index contributed by atoms with van der Waals surface area (Å²) in [6.07, 6.45) is 1.88. The van der Waals surface area contributed by atoms with Gasteiger partial charge >= 0.3 is 0 Å². The lowest BCUT2D eigenvalue weighted by atomic mass is 10.1. The molecule has 0 radical (unpaired) electrons. The van der Waals surface area contributed by atoms with Gasteiger partial charge in [-0.25, -0.2) is 4.98 Å². The van der Waals surface area contributed by atoms with Crippen LogP contribution in [0, 0.1) is 6.92 Å². The van der Waals surface area contributed by atoms with Crippen LogP contribution in [-0.4, -0.2) is 36.6 Å². The van der Waals surface area contributed by atoms with Gasteiger partial charge in [-0.1, -0.05) is 36.4 Å². The number of rotatable bonds is 6. The third-order valence-electron chi connectivity index (χ3n) is 5.05. The second-order valence-corrected chi connectivity index (χ2v) is 6.93. The normalized spacial score (nSPS) is 10.7. The van der Waals surface area contributed by atoms with Gasteiger partial charge in [0.15, 0.2) is 11.5 Å². The second kappa shape index (κ2) is 8.39. The zero-order valence-corrected chi connectivity index (χ0v) is 17.8. The maximum Gasteiger partial charge on any atom is 0.257 e. The molecule has 2 aromatic carbocycles.